The van der Waals surface area contributed by atoms with Crippen molar-refractivity contribution in [2.75, 3.05) is 0 Å². The number of benzene rings is 1. The summed E-state index contributed by atoms with van der Waals surface area (Å²) in [6.45, 7) is 2.19. The number of hydrogen-bond acceptors (Lipinski definition) is 0. The third kappa shape index (κ3) is 4.15. The lowest BCUT2D eigenvalue weighted by Gasteiger charge is -2.37. The quantitative estimate of drug-likeness (QED) is 0.536. The van der Waals surface area contributed by atoms with Crippen LogP contribution in [0, 0.1) is 41.1 Å². The Morgan fingerprint density at radius 1 is 0.875 bits per heavy atom. The second-order valence-electron chi connectivity index (χ2n) is 7.40. The van der Waals surface area contributed by atoms with Crippen LogP contribution in [0.1, 0.15) is 75.7 Å². The van der Waals surface area contributed by atoms with Gasteiger partial charge in [0.2, 0.25) is 0 Å². The van der Waals surface area contributed by atoms with E-state index in [2.05, 4.69) is 6.92 Å². The van der Waals surface area contributed by atoms with Crippen LogP contribution in [0.15, 0.2) is 12.1 Å². The van der Waals surface area contributed by atoms with Crippen LogP contribution in [-0.2, 0) is 6.42 Å². The predicted molar refractivity (Wildman–Crippen MR) is 91.2 cm³/mol. The molecular formula is C21H29F3. The summed E-state index contributed by atoms with van der Waals surface area (Å²) >= 11 is 0. The molecule has 0 heterocycles. The molecule has 1 aromatic carbocycles. The van der Waals surface area contributed by atoms with Crippen molar-refractivity contribution in [3.05, 3.63) is 35.1 Å². The maximum atomic E-state index is 13.5. The van der Waals surface area contributed by atoms with Crippen molar-refractivity contribution >= 4 is 0 Å². The first kappa shape index (κ1) is 13.2. The molecule has 3 rings (SSSR count). The fourth-order valence-electron chi connectivity index (χ4n) is 4.24. The van der Waals surface area contributed by atoms with Crippen LogP contribution in [0.3, 0.4) is 0 Å². The van der Waals surface area contributed by atoms with Crippen molar-refractivity contribution in [3.8, 4) is 0 Å². The van der Waals surface area contributed by atoms with Gasteiger partial charge in [0.05, 0.1) is 0 Å². The van der Waals surface area contributed by atoms with Crippen molar-refractivity contribution in [2.24, 2.45) is 23.7 Å². The fourth-order valence-corrected chi connectivity index (χ4v) is 4.24. The second-order valence-corrected chi connectivity index (χ2v) is 7.40. The van der Waals surface area contributed by atoms with E-state index in [0.717, 1.165) is 50.2 Å². The highest BCUT2D eigenvalue weighted by atomic mass is 19.2. The highest BCUT2D eigenvalue weighted by molar-refractivity contribution is 5.20. The van der Waals surface area contributed by atoms with E-state index in [0.29, 0.717) is 5.92 Å². The smallest absolute Gasteiger partial charge is 0.194 e. The number of halogens is 3. The van der Waals surface area contributed by atoms with Crippen LogP contribution >= 0.6 is 0 Å². The Balaban J connectivity index is 1.76. The van der Waals surface area contributed by atoms with E-state index in [1.165, 1.54) is 0 Å². The van der Waals surface area contributed by atoms with E-state index in [9.17, 15) is 13.2 Å². The molecule has 24 heavy (non-hydrogen) atoms. The molecule has 2 aliphatic rings. The third-order valence-corrected chi connectivity index (χ3v) is 5.87. The van der Waals surface area contributed by atoms with E-state index >= 15 is 0 Å². The topological polar surface area (TPSA) is 0 Å². The number of hydrogen-bond donors (Lipinski definition) is 0. The van der Waals surface area contributed by atoms with E-state index in [1.807, 2.05) is 0 Å². The molecule has 0 atom stereocenters. The minimum absolute atomic E-state index is 0.0132. The van der Waals surface area contributed by atoms with Gasteiger partial charge in [-0.3, -0.25) is 0 Å². The fraction of sp³-hybridized carbons (Fsp3) is 0.714. The lowest BCUT2D eigenvalue weighted by Crippen LogP contribution is -2.26. The normalized spacial score (nSPS) is 37.8. The predicted octanol–water partition coefficient (Wildman–Crippen LogP) is 6.67. The molecule has 0 amide bonds. The Morgan fingerprint density at radius 3 is 1.96 bits per heavy atom. The SMILES string of the molecule is [2H]C1([2H])CC(C2CCC(CC)CC2)CC([2H])([2H])C1Cc1cc(F)c(F)c(F)c1. The van der Waals surface area contributed by atoms with Gasteiger partial charge in [0.1, 0.15) is 0 Å². The third-order valence-electron chi connectivity index (χ3n) is 5.87. The molecule has 0 aromatic heterocycles. The zero-order valence-electron chi connectivity index (χ0n) is 18.3. The van der Waals surface area contributed by atoms with Gasteiger partial charge in [-0.25, -0.2) is 13.2 Å². The molecule has 0 unspecified atom stereocenters. The summed E-state index contributed by atoms with van der Waals surface area (Å²) < 4.78 is 74.4. The zero-order chi connectivity index (χ0) is 20.7. The average molecular weight is 342 g/mol. The van der Waals surface area contributed by atoms with Crippen LogP contribution in [0.5, 0.6) is 0 Å². The van der Waals surface area contributed by atoms with Gasteiger partial charge in [-0.05, 0) is 86.2 Å². The summed E-state index contributed by atoms with van der Waals surface area (Å²) in [6, 6.07) is 1.70. The van der Waals surface area contributed by atoms with Gasteiger partial charge < -0.3 is 0 Å². The standard InChI is InChI=1S/C21H29F3/c1-2-14-3-7-17(8-4-14)18-9-5-15(6-10-18)11-16-12-19(22)21(24)20(23)13-16/h12-15,17-18H,2-11H2,1H3/i5D2,6D2. The lowest BCUT2D eigenvalue weighted by molar-refractivity contribution is 0.145. The highest BCUT2D eigenvalue weighted by Crippen LogP contribution is 2.42. The van der Waals surface area contributed by atoms with Crippen LogP contribution in [-0.4, -0.2) is 0 Å². The van der Waals surface area contributed by atoms with Gasteiger partial charge >= 0.3 is 0 Å². The Morgan fingerprint density at radius 2 is 1.42 bits per heavy atom. The van der Waals surface area contributed by atoms with Crippen LogP contribution in [0.25, 0.3) is 0 Å². The molecule has 0 nitrogen and oxygen atoms in total. The molecule has 0 N–H and O–H groups in total. The maximum Gasteiger partial charge on any atom is 0.194 e. The molecule has 0 aliphatic heterocycles. The molecule has 1 aromatic rings. The van der Waals surface area contributed by atoms with E-state index in [-0.39, 0.29) is 30.7 Å². The molecular weight excluding hydrogens is 309 g/mol. The molecule has 0 spiro atoms. The molecule has 2 aliphatic carbocycles. The monoisotopic (exact) mass is 342 g/mol. The largest absolute Gasteiger partial charge is 0.204 e. The molecule has 134 valence electrons. The van der Waals surface area contributed by atoms with Gasteiger partial charge in [0.15, 0.2) is 17.5 Å². The summed E-state index contributed by atoms with van der Waals surface area (Å²) in [6.07, 6.45) is 2.28. The minimum Gasteiger partial charge on any atom is -0.204 e. The Bertz CT molecular complexity index is 658. The van der Waals surface area contributed by atoms with E-state index in [4.69, 9.17) is 5.48 Å². The van der Waals surface area contributed by atoms with Gasteiger partial charge in [-0.1, -0.05) is 26.2 Å². The van der Waals surface area contributed by atoms with Gasteiger partial charge in [0.25, 0.3) is 0 Å². The van der Waals surface area contributed by atoms with E-state index < -0.39 is 36.1 Å². The summed E-state index contributed by atoms with van der Waals surface area (Å²) in [4.78, 5) is 0. The molecule has 0 bridgehead atoms. The van der Waals surface area contributed by atoms with Crippen LogP contribution < -0.4 is 0 Å². The van der Waals surface area contributed by atoms with Gasteiger partial charge in [-0.15, -0.1) is 0 Å². The minimum atomic E-state index is -1.78. The summed E-state index contributed by atoms with van der Waals surface area (Å²) in [5.41, 5.74) is 0.0936. The molecule has 0 saturated heterocycles. The van der Waals surface area contributed by atoms with Crippen LogP contribution in [0.4, 0.5) is 13.2 Å². The van der Waals surface area contributed by atoms with Crippen molar-refractivity contribution in [1.82, 2.24) is 0 Å². The maximum absolute atomic E-state index is 13.5. The summed E-state index contributed by atoms with van der Waals surface area (Å²) in [7, 11) is 0. The first-order chi connectivity index (χ1) is 13.0. The summed E-state index contributed by atoms with van der Waals surface area (Å²) in [5.74, 6) is -4.16. The van der Waals surface area contributed by atoms with Crippen molar-refractivity contribution in [1.29, 1.82) is 0 Å². The van der Waals surface area contributed by atoms with Gasteiger partial charge in [-0.2, -0.15) is 0 Å². The van der Waals surface area contributed by atoms with Crippen LogP contribution in [0.2, 0.25) is 0 Å². The van der Waals surface area contributed by atoms with Crippen molar-refractivity contribution < 1.29 is 18.7 Å². The average Bonchev–Trinajstić information content (AvgIpc) is 2.62. The molecule has 2 fully saturated rings. The van der Waals surface area contributed by atoms with Crippen molar-refractivity contribution in [2.45, 2.75) is 71.0 Å². The zero-order valence-corrected chi connectivity index (χ0v) is 14.3. The lowest BCUT2D eigenvalue weighted by atomic mass is 9.68. The second kappa shape index (κ2) is 7.93. The highest BCUT2D eigenvalue weighted by Gasteiger charge is 2.30. The van der Waals surface area contributed by atoms with E-state index in [1.54, 1.807) is 0 Å². The summed E-state index contributed by atoms with van der Waals surface area (Å²) in [5, 5.41) is 0. The number of rotatable bonds is 4. The first-order valence-electron chi connectivity index (χ1n) is 11.2. The first-order valence-corrected chi connectivity index (χ1v) is 9.17. The van der Waals surface area contributed by atoms with Crippen molar-refractivity contribution in [3.63, 3.8) is 0 Å². The molecule has 2 saturated carbocycles. The molecule has 0 radical (unpaired) electrons. The Kier molecular flexibility index (Phi) is 4.37. The molecule has 3 heteroatoms. The van der Waals surface area contributed by atoms with Gasteiger partial charge in [0, 0.05) is 5.48 Å². The Labute approximate surface area is 149 Å². The Hall–Kier alpha value is -0.990.